The smallest absolute Gasteiger partial charge is 0.328 e. The molecule has 11 heteroatoms. The zero-order valence-electron chi connectivity index (χ0n) is 21.3. The monoisotopic (exact) mass is 530 g/mol. The minimum Gasteiger partial charge on any atom is -0.464 e. The van der Waals surface area contributed by atoms with E-state index in [1.54, 1.807) is 50.4 Å². The number of esters is 1. The molecule has 200 valence electrons. The molecule has 3 rings (SSSR count). The second kappa shape index (κ2) is 12.8. The molecule has 0 aliphatic carbocycles. The van der Waals surface area contributed by atoms with Crippen molar-refractivity contribution >= 4 is 33.5 Å². The third kappa shape index (κ3) is 7.37. The van der Waals surface area contributed by atoms with Crippen LogP contribution in [0.5, 0.6) is 0 Å². The van der Waals surface area contributed by atoms with Crippen molar-refractivity contribution in [3.05, 3.63) is 59.7 Å². The van der Waals surface area contributed by atoms with Crippen molar-refractivity contribution in [1.29, 1.82) is 0 Å². The Morgan fingerprint density at radius 2 is 1.76 bits per heavy atom. The summed E-state index contributed by atoms with van der Waals surface area (Å²) < 4.78 is 32.9. The first-order chi connectivity index (χ1) is 17.6. The quantitative estimate of drug-likeness (QED) is 0.376. The minimum atomic E-state index is -3.88. The Labute approximate surface area is 217 Å². The lowest BCUT2D eigenvalue weighted by Gasteiger charge is -2.25. The normalized spacial score (nSPS) is 16.7. The van der Waals surface area contributed by atoms with Crippen LogP contribution in [0.3, 0.4) is 0 Å². The highest BCUT2D eigenvalue weighted by molar-refractivity contribution is 7.89. The van der Waals surface area contributed by atoms with E-state index in [0.717, 1.165) is 11.1 Å². The largest absolute Gasteiger partial charge is 0.464 e. The number of amides is 2. The molecule has 2 aromatic carbocycles. The van der Waals surface area contributed by atoms with E-state index in [1.807, 2.05) is 6.92 Å². The zero-order valence-corrected chi connectivity index (χ0v) is 22.1. The van der Waals surface area contributed by atoms with Crippen molar-refractivity contribution in [1.82, 2.24) is 14.9 Å². The molecule has 0 aromatic heterocycles. The second-order valence-corrected chi connectivity index (χ2v) is 10.8. The number of aryl methyl sites for hydroxylation is 1. The van der Waals surface area contributed by atoms with Gasteiger partial charge in [0, 0.05) is 18.7 Å². The number of ether oxygens (including phenoxy) is 1. The van der Waals surface area contributed by atoms with Crippen LogP contribution in [-0.4, -0.2) is 69.3 Å². The predicted molar refractivity (Wildman–Crippen MR) is 139 cm³/mol. The first kappa shape index (κ1) is 28.3. The van der Waals surface area contributed by atoms with E-state index in [4.69, 9.17) is 4.74 Å². The molecule has 0 unspecified atom stereocenters. The maximum atomic E-state index is 13.3. The summed E-state index contributed by atoms with van der Waals surface area (Å²) in [5.74, 6) is -1.33. The molecule has 2 amide bonds. The predicted octanol–water partition coefficient (Wildman–Crippen LogP) is 1.60. The van der Waals surface area contributed by atoms with Crippen molar-refractivity contribution in [3.8, 4) is 0 Å². The molecule has 0 spiro atoms. The molecular formula is C26H34N4O6S. The van der Waals surface area contributed by atoms with Crippen molar-refractivity contribution in [2.45, 2.75) is 50.1 Å². The Bertz CT molecular complexity index is 1200. The van der Waals surface area contributed by atoms with Gasteiger partial charge in [-0.3, -0.25) is 9.59 Å². The van der Waals surface area contributed by atoms with E-state index in [-0.39, 0.29) is 36.9 Å². The van der Waals surface area contributed by atoms with Gasteiger partial charge in [0.2, 0.25) is 21.8 Å². The Morgan fingerprint density at radius 1 is 1.08 bits per heavy atom. The number of likely N-dealkylation sites (N-methyl/N-ethyl adjacent to an activating group) is 1. The van der Waals surface area contributed by atoms with Crippen LogP contribution in [-0.2, 0) is 35.6 Å². The van der Waals surface area contributed by atoms with Crippen LogP contribution in [0.1, 0.15) is 30.9 Å². The SMILES string of the molecule is CCOC(=O)[C@H](Cc1ccc(NC(=O)CNC)cc1)NC(=O)[C@@H]1CCCN1S(=O)(=O)c1ccc(C)cc1. The molecule has 0 bridgehead atoms. The number of nitrogens with one attached hydrogen (secondary N) is 3. The number of carbonyl (C=O) groups is 3. The number of nitrogens with zero attached hydrogens (tertiary/aromatic N) is 1. The molecular weight excluding hydrogens is 496 g/mol. The molecule has 10 nitrogen and oxygen atoms in total. The maximum Gasteiger partial charge on any atom is 0.328 e. The van der Waals surface area contributed by atoms with Crippen LogP contribution in [0.25, 0.3) is 0 Å². The van der Waals surface area contributed by atoms with Gasteiger partial charge in [0.1, 0.15) is 12.1 Å². The third-order valence-corrected chi connectivity index (χ3v) is 7.96. The van der Waals surface area contributed by atoms with Gasteiger partial charge < -0.3 is 20.7 Å². The number of benzene rings is 2. The highest BCUT2D eigenvalue weighted by Crippen LogP contribution is 2.26. The highest BCUT2D eigenvalue weighted by atomic mass is 32.2. The fraction of sp³-hybridized carbons (Fsp3) is 0.423. The fourth-order valence-electron chi connectivity index (χ4n) is 4.17. The van der Waals surface area contributed by atoms with Gasteiger partial charge in [-0.05, 0) is 63.6 Å². The molecule has 1 aliphatic rings. The summed E-state index contributed by atoms with van der Waals surface area (Å²) in [6, 6.07) is 11.5. The lowest BCUT2D eigenvalue weighted by Crippen LogP contribution is -2.51. The Hall–Kier alpha value is -3.28. The lowest BCUT2D eigenvalue weighted by molar-refractivity contribution is -0.147. The Balaban J connectivity index is 1.73. The highest BCUT2D eigenvalue weighted by Gasteiger charge is 2.40. The van der Waals surface area contributed by atoms with Crippen LogP contribution in [0, 0.1) is 6.92 Å². The maximum absolute atomic E-state index is 13.3. The summed E-state index contributed by atoms with van der Waals surface area (Å²) in [5, 5.41) is 8.24. The van der Waals surface area contributed by atoms with Gasteiger partial charge in [-0.25, -0.2) is 13.2 Å². The molecule has 37 heavy (non-hydrogen) atoms. The number of hydrogen-bond donors (Lipinski definition) is 3. The number of carbonyl (C=O) groups excluding carboxylic acids is 3. The van der Waals surface area contributed by atoms with E-state index >= 15 is 0 Å². The number of rotatable bonds is 11. The molecule has 2 aromatic rings. The molecule has 0 radical (unpaired) electrons. The van der Waals surface area contributed by atoms with Gasteiger partial charge in [0.25, 0.3) is 0 Å². The number of hydrogen-bond acceptors (Lipinski definition) is 7. The lowest BCUT2D eigenvalue weighted by atomic mass is 10.0. The molecule has 3 N–H and O–H groups in total. The van der Waals surface area contributed by atoms with Crippen LogP contribution in [0.15, 0.2) is 53.4 Å². The summed E-state index contributed by atoms with van der Waals surface area (Å²) in [4.78, 5) is 37.8. The Kier molecular flexibility index (Phi) is 9.79. The second-order valence-electron chi connectivity index (χ2n) is 8.88. The molecule has 0 saturated carbocycles. The molecule has 1 saturated heterocycles. The molecule has 1 aliphatic heterocycles. The summed E-state index contributed by atoms with van der Waals surface area (Å²) in [7, 11) is -2.20. The standard InChI is InChI=1S/C26H34N4O6S/c1-4-36-26(33)22(16-19-9-11-20(12-10-19)28-24(31)17-27-3)29-25(32)23-6-5-15-30(23)37(34,35)21-13-7-18(2)8-14-21/h7-14,22-23,27H,4-6,15-17H2,1-3H3,(H,28,31)(H,29,32)/t22-,23-/m0/s1. The van der Waals surface area contributed by atoms with Gasteiger partial charge >= 0.3 is 5.97 Å². The van der Waals surface area contributed by atoms with E-state index in [1.165, 1.54) is 16.4 Å². The summed E-state index contributed by atoms with van der Waals surface area (Å²) in [6.45, 7) is 4.08. The van der Waals surface area contributed by atoms with Crippen molar-refractivity contribution < 1.29 is 27.5 Å². The summed E-state index contributed by atoms with van der Waals surface area (Å²) >= 11 is 0. The van der Waals surface area contributed by atoms with E-state index in [9.17, 15) is 22.8 Å². The minimum absolute atomic E-state index is 0.127. The van der Waals surface area contributed by atoms with Crippen LogP contribution >= 0.6 is 0 Å². The van der Waals surface area contributed by atoms with Crippen LogP contribution in [0.4, 0.5) is 5.69 Å². The van der Waals surface area contributed by atoms with E-state index < -0.39 is 34.0 Å². The van der Waals surface area contributed by atoms with Crippen LogP contribution in [0.2, 0.25) is 0 Å². The molecule has 1 heterocycles. The van der Waals surface area contributed by atoms with Gasteiger partial charge in [-0.1, -0.05) is 29.8 Å². The van der Waals surface area contributed by atoms with E-state index in [2.05, 4.69) is 16.0 Å². The van der Waals surface area contributed by atoms with Crippen molar-refractivity contribution in [2.24, 2.45) is 0 Å². The van der Waals surface area contributed by atoms with Crippen LogP contribution < -0.4 is 16.0 Å². The molecule has 2 atom stereocenters. The summed E-state index contributed by atoms with van der Waals surface area (Å²) in [6.07, 6.45) is 1.04. The molecule has 1 fully saturated rings. The average molecular weight is 531 g/mol. The topological polar surface area (TPSA) is 134 Å². The third-order valence-electron chi connectivity index (χ3n) is 6.04. The first-order valence-corrected chi connectivity index (χ1v) is 13.7. The van der Waals surface area contributed by atoms with Gasteiger partial charge in [0.05, 0.1) is 18.0 Å². The van der Waals surface area contributed by atoms with Gasteiger partial charge in [-0.2, -0.15) is 4.31 Å². The van der Waals surface area contributed by atoms with Crippen molar-refractivity contribution in [3.63, 3.8) is 0 Å². The first-order valence-electron chi connectivity index (χ1n) is 12.2. The number of anilines is 1. The average Bonchev–Trinajstić information content (AvgIpc) is 3.37. The van der Waals surface area contributed by atoms with Gasteiger partial charge in [0.15, 0.2) is 0 Å². The fourth-order valence-corrected chi connectivity index (χ4v) is 5.82. The van der Waals surface area contributed by atoms with E-state index in [0.29, 0.717) is 18.5 Å². The summed E-state index contributed by atoms with van der Waals surface area (Å²) in [5.41, 5.74) is 2.27. The zero-order chi connectivity index (χ0) is 27.0. The Morgan fingerprint density at radius 3 is 2.38 bits per heavy atom. The van der Waals surface area contributed by atoms with Crippen molar-refractivity contribution in [2.75, 3.05) is 32.1 Å². The van der Waals surface area contributed by atoms with Gasteiger partial charge in [-0.15, -0.1) is 0 Å². The number of sulfonamides is 1.